The average Bonchev–Trinajstić information content (AvgIpc) is 2.93. The molecule has 3 aromatic rings. The van der Waals surface area contributed by atoms with E-state index in [9.17, 15) is 4.79 Å². The molecular weight excluding hydrogens is 322 g/mol. The van der Waals surface area contributed by atoms with E-state index < -0.39 is 0 Å². The van der Waals surface area contributed by atoms with E-state index in [0.717, 1.165) is 27.5 Å². The lowest BCUT2D eigenvalue weighted by Gasteiger charge is -2.11. The summed E-state index contributed by atoms with van der Waals surface area (Å²) < 4.78 is 7.96. The van der Waals surface area contributed by atoms with Crippen LogP contribution in [0.2, 0.25) is 0 Å². The molecule has 0 atom stereocenters. The maximum Gasteiger partial charge on any atom is 0.227 e. The molecule has 0 aliphatic rings. The highest BCUT2D eigenvalue weighted by Gasteiger charge is 2.12. The van der Waals surface area contributed by atoms with Crippen LogP contribution in [0.3, 0.4) is 0 Å². The Bertz CT molecular complexity index is 860. The summed E-state index contributed by atoms with van der Waals surface area (Å²) in [6.45, 7) is 3.20. The second-order valence-electron chi connectivity index (χ2n) is 5.40. The molecule has 6 heteroatoms. The van der Waals surface area contributed by atoms with Crippen molar-refractivity contribution in [3.63, 3.8) is 0 Å². The van der Waals surface area contributed by atoms with Crippen LogP contribution in [0.25, 0.3) is 11.0 Å². The number of fused-ring (bicyclic) bond motifs is 1. The normalized spacial score (nSPS) is 10.9. The van der Waals surface area contributed by atoms with E-state index in [1.165, 1.54) is 11.8 Å². The number of para-hydroxylation sites is 3. The van der Waals surface area contributed by atoms with Gasteiger partial charge in [-0.1, -0.05) is 42.1 Å². The maximum absolute atomic E-state index is 11.1. The van der Waals surface area contributed by atoms with Gasteiger partial charge in [-0.25, -0.2) is 4.98 Å². The lowest BCUT2D eigenvalue weighted by Crippen LogP contribution is -2.14. The highest BCUT2D eigenvalue weighted by atomic mass is 32.2. The third-order valence-corrected chi connectivity index (χ3v) is 4.63. The number of thioether (sulfide) groups is 1. The zero-order valence-corrected chi connectivity index (χ0v) is 14.3. The van der Waals surface area contributed by atoms with Gasteiger partial charge in [0.2, 0.25) is 5.91 Å². The van der Waals surface area contributed by atoms with Gasteiger partial charge in [0, 0.05) is 0 Å². The number of aromatic nitrogens is 2. The number of hydrogen-bond donors (Lipinski definition) is 1. The zero-order valence-electron chi connectivity index (χ0n) is 13.4. The Hall–Kier alpha value is -2.47. The predicted octanol–water partition coefficient (Wildman–Crippen LogP) is 3.00. The van der Waals surface area contributed by atoms with Gasteiger partial charge in [-0.3, -0.25) is 4.79 Å². The summed E-state index contributed by atoms with van der Waals surface area (Å²) in [6.07, 6.45) is 0. The Balaban J connectivity index is 1.78. The minimum absolute atomic E-state index is 0.210. The van der Waals surface area contributed by atoms with Gasteiger partial charge in [-0.15, -0.1) is 0 Å². The summed E-state index contributed by atoms with van der Waals surface area (Å²) in [7, 11) is 0. The third kappa shape index (κ3) is 3.71. The Kier molecular flexibility index (Phi) is 5.05. The van der Waals surface area contributed by atoms with Gasteiger partial charge in [0.25, 0.3) is 0 Å². The highest BCUT2D eigenvalue weighted by molar-refractivity contribution is 7.99. The minimum atomic E-state index is -0.352. The molecule has 1 amide bonds. The Morgan fingerprint density at radius 1 is 1.21 bits per heavy atom. The van der Waals surface area contributed by atoms with Crippen molar-refractivity contribution in [1.29, 1.82) is 0 Å². The first-order chi connectivity index (χ1) is 11.6. The standard InChI is InChI=1S/C18H19N3O2S/c1-13-6-2-5-9-16(13)23-11-10-21-15-8-4-3-7-14(15)20-18(21)24-12-17(19)22/h2-9H,10-12H2,1H3,(H2,19,22). The summed E-state index contributed by atoms with van der Waals surface area (Å²) in [5, 5.41) is 0.781. The first-order valence-corrected chi connectivity index (χ1v) is 8.68. The van der Waals surface area contributed by atoms with Crippen molar-refractivity contribution in [2.75, 3.05) is 12.4 Å². The van der Waals surface area contributed by atoms with Gasteiger partial charge in [0.15, 0.2) is 5.16 Å². The largest absolute Gasteiger partial charge is 0.491 e. The monoisotopic (exact) mass is 341 g/mol. The van der Waals surface area contributed by atoms with E-state index in [1.54, 1.807) is 0 Å². The Morgan fingerprint density at radius 2 is 1.96 bits per heavy atom. The smallest absolute Gasteiger partial charge is 0.227 e. The lowest BCUT2D eigenvalue weighted by atomic mass is 10.2. The molecule has 0 aliphatic heterocycles. The van der Waals surface area contributed by atoms with E-state index >= 15 is 0 Å². The van der Waals surface area contributed by atoms with E-state index in [4.69, 9.17) is 10.5 Å². The number of ether oxygens (including phenoxy) is 1. The van der Waals surface area contributed by atoms with Gasteiger partial charge >= 0.3 is 0 Å². The summed E-state index contributed by atoms with van der Waals surface area (Å²) >= 11 is 1.35. The van der Waals surface area contributed by atoms with Crippen LogP contribution in [0.15, 0.2) is 53.7 Å². The van der Waals surface area contributed by atoms with Gasteiger partial charge in [-0.2, -0.15) is 0 Å². The predicted molar refractivity (Wildman–Crippen MR) is 96.3 cm³/mol. The minimum Gasteiger partial charge on any atom is -0.491 e. The highest BCUT2D eigenvalue weighted by Crippen LogP contribution is 2.24. The van der Waals surface area contributed by atoms with Gasteiger partial charge in [-0.05, 0) is 30.7 Å². The second kappa shape index (κ2) is 7.40. The molecule has 2 aromatic carbocycles. The lowest BCUT2D eigenvalue weighted by molar-refractivity contribution is -0.115. The fraction of sp³-hybridized carbons (Fsp3) is 0.222. The van der Waals surface area contributed by atoms with E-state index in [-0.39, 0.29) is 11.7 Å². The van der Waals surface area contributed by atoms with E-state index in [0.29, 0.717) is 13.2 Å². The maximum atomic E-state index is 11.1. The molecule has 0 saturated heterocycles. The summed E-state index contributed by atoms with van der Waals surface area (Å²) in [5.74, 6) is 0.741. The van der Waals surface area contributed by atoms with E-state index in [1.807, 2.05) is 55.5 Å². The van der Waals surface area contributed by atoms with Crippen LogP contribution >= 0.6 is 11.8 Å². The molecule has 1 heterocycles. The molecule has 0 bridgehead atoms. The quantitative estimate of drug-likeness (QED) is 0.671. The summed E-state index contributed by atoms with van der Waals surface area (Å²) in [4.78, 5) is 15.7. The molecule has 5 nitrogen and oxygen atoms in total. The fourth-order valence-corrected chi connectivity index (χ4v) is 3.26. The van der Waals surface area contributed by atoms with Crippen molar-refractivity contribution in [3.05, 3.63) is 54.1 Å². The molecule has 0 unspecified atom stereocenters. The molecule has 24 heavy (non-hydrogen) atoms. The van der Waals surface area contributed by atoms with Crippen LogP contribution in [0.1, 0.15) is 5.56 Å². The van der Waals surface area contributed by atoms with Gasteiger partial charge in [0.1, 0.15) is 12.4 Å². The number of imidazole rings is 1. The molecule has 124 valence electrons. The fourth-order valence-electron chi connectivity index (χ4n) is 2.48. The first-order valence-electron chi connectivity index (χ1n) is 7.70. The van der Waals surface area contributed by atoms with Crippen LogP contribution in [-0.4, -0.2) is 27.8 Å². The summed E-state index contributed by atoms with van der Waals surface area (Å²) in [6, 6.07) is 15.8. The zero-order chi connectivity index (χ0) is 16.9. The first kappa shape index (κ1) is 16.4. The van der Waals surface area contributed by atoms with Crippen LogP contribution in [-0.2, 0) is 11.3 Å². The number of nitrogens with two attached hydrogens (primary N) is 1. The van der Waals surface area contributed by atoms with Gasteiger partial charge < -0.3 is 15.0 Å². The molecule has 0 saturated carbocycles. The molecular formula is C18H19N3O2S. The number of aryl methyl sites for hydroxylation is 1. The second-order valence-corrected chi connectivity index (χ2v) is 6.35. The van der Waals surface area contributed by atoms with Crippen molar-refractivity contribution in [2.45, 2.75) is 18.6 Å². The number of carbonyl (C=O) groups excluding carboxylic acids is 1. The van der Waals surface area contributed by atoms with Crippen LogP contribution in [0, 0.1) is 6.92 Å². The van der Waals surface area contributed by atoms with Crippen molar-refractivity contribution < 1.29 is 9.53 Å². The number of amides is 1. The van der Waals surface area contributed by atoms with Gasteiger partial charge in [0.05, 0.1) is 23.3 Å². The Morgan fingerprint density at radius 3 is 2.75 bits per heavy atom. The number of benzene rings is 2. The topological polar surface area (TPSA) is 70.1 Å². The number of primary amides is 1. The molecule has 3 rings (SSSR count). The number of carbonyl (C=O) groups is 1. The van der Waals surface area contributed by atoms with Crippen molar-refractivity contribution in [1.82, 2.24) is 9.55 Å². The molecule has 1 aromatic heterocycles. The Labute approximate surface area is 144 Å². The average molecular weight is 341 g/mol. The number of nitrogens with zero attached hydrogens (tertiary/aromatic N) is 2. The number of hydrogen-bond acceptors (Lipinski definition) is 4. The van der Waals surface area contributed by atoms with Crippen molar-refractivity contribution >= 4 is 28.7 Å². The SMILES string of the molecule is Cc1ccccc1OCCn1c(SCC(N)=O)nc2ccccc21. The molecule has 0 aliphatic carbocycles. The number of rotatable bonds is 7. The summed E-state index contributed by atoms with van der Waals surface area (Å²) in [5.41, 5.74) is 8.29. The van der Waals surface area contributed by atoms with Crippen molar-refractivity contribution in [3.8, 4) is 5.75 Å². The van der Waals surface area contributed by atoms with Crippen LogP contribution < -0.4 is 10.5 Å². The van der Waals surface area contributed by atoms with E-state index in [2.05, 4.69) is 9.55 Å². The van der Waals surface area contributed by atoms with Crippen molar-refractivity contribution in [2.24, 2.45) is 5.73 Å². The molecule has 0 spiro atoms. The van der Waals surface area contributed by atoms with Crippen LogP contribution in [0.4, 0.5) is 0 Å². The molecule has 2 N–H and O–H groups in total. The third-order valence-electron chi connectivity index (χ3n) is 3.63. The molecule has 0 radical (unpaired) electrons. The van der Waals surface area contributed by atoms with Crippen LogP contribution in [0.5, 0.6) is 5.75 Å². The molecule has 0 fully saturated rings.